The monoisotopic (exact) mass is 812 g/mol. The van der Waals surface area contributed by atoms with Crippen molar-refractivity contribution in [2.24, 2.45) is 20.5 Å². The molecule has 0 spiro atoms. The third-order valence-corrected chi connectivity index (χ3v) is 9.44. The first-order valence-corrected chi connectivity index (χ1v) is 18.0. The molecule has 21 heteroatoms. The Labute approximate surface area is 342 Å². The third-order valence-electron chi connectivity index (χ3n) is 7.75. The van der Waals surface area contributed by atoms with Gasteiger partial charge in [0.05, 0.1) is 21.2 Å². The average Bonchev–Trinajstić information content (AvgIpc) is 3.10. The number of aryl methyl sites for hydroxylation is 2. The van der Waals surface area contributed by atoms with Crippen molar-refractivity contribution >= 4 is 102 Å². The Bertz CT molecular complexity index is 2470. The zero-order valence-corrected chi connectivity index (χ0v) is 32.3. The molecule has 276 valence electrons. The van der Waals surface area contributed by atoms with Crippen LogP contribution in [0.5, 0.6) is 0 Å². The van der Waals surface area contributed by atoms with Crippen molar-refractivity contribution in [3.8, 4) is 0 Å². The number of non-ortho nitro benzene ring substituents is 2. The summed E-state index contributed by atoms with van der Waals surface area (Å²) in [5, 5.41) is 37.5. The Balaban J connectivity index is 0.000000240. The zero-order valence-electron chi connectivity index (χ0n) is 28.4. The van der Waals surface area contributed by atoms with E-state index < -0.39 is 41.6 Å². The summed E-state index contributed by atoms with van der Waals surface area (Å²) >= 11 is 0. The van der Waals surface area contributed by atoms with Crippen LogP contribution in [0.2, 0.25) is 0 Å². The van der Waals surface area contributed by atoms with Gasteiger partial charge in [-0.15, -0.1) is 10.2 Å². The molecular weight excluding hydrogens is 789 g/mol. The molecule has 18 nitrogen and oxygen atoms in total. The van der Waals surface area contributed by atoms with Gasteiger partial charge in [0.25, 0.3) is 11.4 Å². The van der Waals surface area contributed by atoms with Crippen molar-refractivity contribution in [3.63, 3.8) is 0 Å². The number of azo groups is 2. The third kappa shape index (κ3) is 10.1. The summed E-state index contributed by atoms with van der Waals surface area (Å²) < 4.78 is 63.3. The van der Waals surface area contributed by atoms with E-state index in [2.05, 4.69) is 20.5 Å². The molecule has 0 aliphatic heterocycles. The van der Waals surface area contributed by atoms with Gasteiger partial charge in [-0.2, -0.15) is 10.2 Å². The molecule has 0 bridgehead atoms. The maximum absolute atomic E-state index is 12.2. The van der Waals surface area contributed by atoms with Gasteiger partial charge in [0.1, 0.15) is 11.4 Å². The van der Waals surface area contributed by atoms with Gasteiger partial charge in [0, 0.05) is 65.3 Å². The van der Waals surface area contributed by atoms with Crippen LogP contribution >= 0.6 is 0 Å². The minimum absolute atomic E-state index is 0. The normalized spacial score (nSPS) is 18.2. The predicted octanol–water partition coefficient (Wildman–Crippen LogP) is 5.49. The summed E-state index contributed by atoms with van der Waals surface area (Å²) in [7, 11) is -8.75. The fourth-order valence-electron chi connectivity index (χ4n) is 5.01. The van der Waals surface area contributed by atoms with Crippen LogP contribution in [0.4, 0.5) is 22.7 Å². The van der Waals surface area contributed by atoms with Crippen LogP contribution in [-0.2, 0) is 29.8 Å². The molecule has 0 fully saturated rings. The zero-order chi connectivity index (χ0) is 39.5. The summed E-state index contributed by atoms with van der Waals surface area (Å²) in [5.41, 5.74) is 3.04. The second kappa shape index (κ2) is 17.1. The van der Waals surface area contributed by atoms with E-state index >= 15 is 0 Å². The molecule has 0 aromatic heterocycles. The summed E-state index contributed by atoms with van der Waals surface area (Å²) in [6.45, 7) is 3.25. The van der Waals surface area contributed by atoms with E-state index in [1.54, 1.807) is 13.8 Å². The summed E-state index contributed by atoms with van der Waals surface area (Å²) in [4.78, 5) is 44.2. The summed E-state index contributed by atoms with van der Waals surface area (Å²) in [6, 6.07) is 8.08. The van der Waals surface area contributed by atoms with Crippen LogP contribution in [-0.4, -0.2) is 95.5 Å². The van der Waals surface area contributed by atoms with Crippen LogP contribution in [0.15, 0.2) is 151 Å². The van der Waals surface area contributed by atoms with E-state index in [4.69, 9.17) is 9.11 Å². The molecule has 2 unspecified atom stereocenters. The molecule has 2 N–H and O–H groups in total. The Kier molecular flexibility index (Phi) is 13.2. The SMILES string of the molecule is Cc1cc([N+](=O)[O-])ccc1N=NC1=C2C=CC(=S(=O)([O-])O)C=C2C=CC1=O.Cc1cc([N+](=O)[O-])ccc1N=NC1=C2C=CC(=S(=O)([O-])O)C=C2C=CC1=O.[Ca+2]. The Morgan fingerprint density at radius 3 is 1.25 bits per heavy atom. The Hall–Kier alpha value is -5.16. The van der Waals surface area contributed by atoms with Crippen molar-refractivity contribution in [1.29, 1.82) is 0 Å². The van der Waals surface area contributed by atoms with Crippen LogP contribution in [0.1, 0.15) is 11.1 Å². The largest absolute Gasteiger partial charge is 2.00 e. The molecule has 4 aliphatic carbocycles. The van der Waals surface area contributed by atoms with Gasteiger partial charge in [-0.3, -0.25) is 38.2 Å². The molecule has 4 aliphatic rings. The number of hydrogen-bond acceptors (Lipinski definition) is 14. The van der Waals surface area contributed by atoms with Crippen molar-refractivity contribution in [3.05, 3.63) is 162 Å². The van der Waals surface area contributed by atoms with E-state index in [1.165, 1.54) is 85.0 Å². The molecular formula is C34H24CaN6O12S2. The number of hydrogen-bond donors (Lipinski definition) is 2. The molecule has 2 aromatic rings. The number of fused-ring (bicyclic) bond motifs is 2. The quantitative estimate of drug-likeness (QED) is 0.120. The van der Waals surface area contributed by atoms with Gasteiger partial charge >= 0.3 is 37.7 Å². The maximum Gasteiger partial charge on any atom is 2.00 e. The number of carbonyl (C=O) groups excluding carboxylic acids is 2. The fraction of sp³-hybridized carbons (Fsp3) is 0.0588. The summed E-state index contributed by atoms with van der Waals surface area (Å²) in [6.07, 6.45) is 12.8. The van der Waals surface area contributed by atoms with E-state index in [0.29, 0.717) is 44.8 Å². The first-order valence-electron chi connectivity index (χ1n) is 15.1. The number of rotatable bonds is 6. The Morgan fingerprint density at radius 1 is 0.582 bits per heavy atom. The molecule has 0 saturated carbocycles. The van der Waals surface area contributed by atoms with Crippen LogP contribution in [0.3, 0.4) is 0 Å². The van der Waals surface area contributed by atoms with E-state index in [9.17, 15) is 47.3 Å². The van der Waals surface area contributed by atoms with E-state index in [-0.39, 0.29) is 70.2 Å². The molecule has 0 amide bonds. The number of nitrogens with zero attached hydrogens (tertiary/aromatic N) is 6. The van der Waals surface area contributed by atoms with Gasteiger partial charge in [-0.05, 0) is 84.7 Å². The van der Waals surface area contributed by atoms with Gasteiger partial charge in [0.2, 0.25) is 11.6 Å². The fourth-order valence-corrected chi connectivity index (χ4v) is 6.04. The Morgan fingerprint density at radius 2 is 0.945 bits per heavy atom. The molecule has 55 heavy (non-hydrogen) atoms. The van der Waals surface area contributed by atoms with Crippen LogP contribution in [0.25, 0.3) is 0 Å². The second-order valence-corrected chi connectivity index (χ2v) is 14.2. The molecule has 6 rings (SSSR count). The van der Waals surface area contributed by atoms with Crippen molar-refractivity contribution in [2.45, 2.75) is 13.8 Å². The van der Waals surface area contributed by atoms with E-state index in [0.717, 1.165) is 12.2 Å². The van der Waals surface area contributed by atoms with E-state index in [1.807, 2.05) is 0 Å². The smallest absolute Gasteiger partial charge is 0.757 e. The van der Waals surface area contributed by atoms with Gasteiger partial charge < -0.3 is 18.2 Å². The standard InChI is InChI=1S/2C17H13N3O6S.Ca/c2*1-10-8-12(20(22)23)3-6-15(10)18-19-17-14-5-4-13(27(24,25)26)9-11(14)2-7-16(17)21;/h2*2-9H,1H3,(H2,24,25,26);/q;;+2/p-2. The second-order valence-electron chi connectivity index (χ2n) is 11.4. The number of ketones is 2. The van der Waals surface area contributed by atoms with Crippen LogP contribution in [0, 0.1) is 34.1 Å². The topological polar surface area (TPSA) is 291 Å². The average molecular weight is 813 g/mol. The minimum atomic E-state index is -4.38. The first kappa shape index (κ1) is 42.6. The molecule has 2 aromatic carbocycles. The minimum Gasteiger partial charge on any atom is -0.757 e. The first-order chi connectivity index (χ1) is 25.3. The maximum atomic E-state index is 12.2. The van der Waals surface area contributed by atoms with Gasteiger partial charge in [0.15, 0.2) is 0 Å². The number of carbonyl (C=O) groups is 2. The molecule has 2 atom stereocenters. The predicted molar refractivity (Wildman–Crippen MR) is 200 cm³/mol. The van der Waals surface area contributed by atoms with Gasteiger partial charge in [-0.1, -0.05) is 24.3 Å². The van der Waals surface area contributed by atoms with Crippen molar-refractivity contribution < 1.29 is 46.1 Å². The van der Waals surface area contributed by atoms with Gasteiger partial charge in [-0.25, -0.2) is 0 Å². The van der Waals surface area contributed by atoms with Crippen molar-refractivity contribution in [1.82, 2.24) is 0 Å². The molecule has 0 saturated heterocycles. The number of benzene rings is 2. The number of nitro benzene ring substituents is 2. The molecule has 0 radical (unpaired) electrons. The summed E-state index contributed by atoms with van der Waals surface area (Å²) in [5.74, 6) is -0.851. The van der Waals surface area contributed by atoms with Crippen LogP contribution < -0.4 is 0 Å². The number of allylic oxidation sites excluding steroid dienone is 14. The van der Waals surface area contributed by atoms with Crippen molar-refractivity contribution in [2.75, 3.05) is 0 Å². The molecule has 0 heterocycles. The number of nitro groups is 2.